The third-order valence-corrected chi connectivity index (χ3v) is 8.55. The van der Waals surface area contributed by atoms with Crippen molar-refractivity contribution in [2.45, 2.75) is 61.9 Å². The van der Waals surface area contributed by atoms with E-state index in [0.717, 1.165) is 11.6 Å². The van der Waals surface area contributed by atoms with Crippen molar-refractivity contribution in [2.24, 2.45) is 17.8 Å². The molecule has 2 saturated heterocycles. The molecular formula is C30H34O12. The van der Waals surface area contributed by atoms with E-state index in [1.165, 1.54) is 24.3 Å². The van der Waals surface area contributed by atoms with E-state index in [-0.39, 0.29) is 29.4 Å². The van der Waals surface area contributed by atoms with Gasteiger partial charge in [-0.25, -0.2) is 9.59 Å². The second-order valence-electron chi connectivity index (χ2n) is 11.1. The Hall–Kier alpha value is -3.52. The zero-order valence-electron chi connectivity index (χ0n) is 22.6. The first-order valence-electron chi connectivity index (χ1n) is 13.5. The van der Waals surface area contributed by atoms with Crippen molar-refractivity contribution in [3.8, 4) is 11.5 Å². The van der Waals surface area contributed by atoms with Crippen molar-refractivity contribution >= 4 is 18.0 Å². The highest BCUT2D eigenvalue weighted by Crippen LogP contribution is 2.53. The van der Waals surface area contributed by atoms with Gasteiger partial charge in [0.2, 0.25) is 0 Å². The first kappa shape index (κ1) is 30.0. The maximum Gasteiger partial charge on any atom is 0.334 e. The molecule has 4 aliphatic rings. The standard InChI is InChI=1S/C30H34O12/c1-12-8-19(34)24-14(3)29(38)42-28(24)23-13(2)20(10-16(12)23)39-30-26(37)25(36)27(21(11-31)40-30)41-22(35)7-5-15-4-6-17(32)18(33)9-15/h4-7,9,16,19-21,23-28,30-34,36-37H,1-3,8,10-11H2. The lowest BCUT2D eigenvalue weighted by atomic mass is 9.81. The minimum Gasteiger partial charge on any atom is -0.504 e. The second-order valence-corrected chi connectivity index (χ2v) is 11.1. The average Bonchev–Trinajstić information content (AvgIpc) is 3.40. The lowest BCUT2D eigenvalue weighted by Gasteiger charge is -2.42. The number of carbonyl (C=O) groups excluding carboxylic acids is 2. The average molecular weight is 587 g/mol. The number of aliphatic hydroxyl groups is 4. The maximum atomic E-state index is 12.5. The van der Waals surface area contributed by atoms with Crippen LogP contribution in [0.25, 0.3) is 6.08 Å². The number of rotatable bonds is 6. The first-order valence-corrected chi connectivity index (χ1v) is 13.5. The number of aliphatic hydroxyl groups excluding tert-OH is 4. The number of phenolic OH excluding ortho intramolecular Hbond substituents is 2. The number of esters is 2. The Morgan fingerprint density at radius 3 is 2.50 bits per heavy atom. The molecule has 226 valence electrons. The highest BCUT2D eigenvalue weighted by Gasteiger charge is 2.57. The van der Waals surface area contributed by atoms with Gasteiger partial charge in [-0.05, 0) is 48.1 Å². The van der Waals surface area contributed by atoms with E-state index in [2.05, 4.69) is 19.7 Å². The Labute approximate surface area is 241 Å². The number of ether oxygens (including phenoxy) is 4. The Balaban J connectivity index is 1.26. The van der Waals surface area contributed by atoms with E-state index >= 15 is 0 Å². The summed E-state index contributed by atoms with van der Waals surface area (Å²) in [6.45, 7) is 11.4. The molecule has 1 aromatic carbocycles. The maximum absolute atomic E-state index is 12.5. The van der Waals surface area contributed by atoms with Gasteiger partial charge in [0, 0.05) is 17.6 Å². The van der Waals surface area contributed by atoms with Gasteiger partial charge in [-0.3, -0.25) is 0 Å². The Morgan fingerprint density at radius 1 is 1.07 bits per heavy atom. The Kier molecular flexibility index (Phi) is 8.30. The van der Waals surface area contributed by atoms with Crippen LogP contribution in [0.4, 0.5) is 0 Å². The number of benzene rings is 1. The van der Waals surface area contributed by atoms with Crippen LogP contribution in [0.2, 0.25) is 0 Å². The summed E-state index contributed by atoms with van der Waals surface area (Å²) in [5, 5.41) is 61.4. The van der Waals surface area contributed by atoms with Crippen molar-refractivity contribution in [3.63, 3.8) is 0 Å². The van der Waals surface area contributed by atoms with Gasteiger partial charge in [-0.1, -0.05) is 31.4 Å². The molecule has 0 aromatic heterocycles. The van der Waals surface area contributed by atoms with Crippen LogP contribution in [0.1, 0.15) is 18.4 Å². The van der Waals surface area contributed by atoms with Gasteiger partial charge < -0.3 is 49.6 Å². The van der Waals surface area contributed by atoms with Crippen LogP contribution in [-0.2, 0) is 28.5 Å². The molecule has 2 heterocycles. The minimum atomic E-state index is -1.69. The topological polar surface area (TPSA) is 192 Å². The fraction of sp³-hybridized carbons (Fsp3) is 0.467. The number of carbonyl (C=O) groups is 2. The van der Waals surface area contributed by atoms with Gasteiger partial charge in [0.15, 0.2) is 23.9 Å². The lowest BCUT2D eigenvalue weighted by molar-refractivity contribution is -0.309. The Morgan fingerprint density at radius 2 is 1.81 bits per heavy atom. The largest absolute Gasteiger partial charge is 0.504 e. The molecule has 2 aliphatic heterocycles. The van der Waals surface area contributed by atoms with Crippen LogP contribution in [0.5, 0.6) is 11.5 Å². The SMILES string of the molecule is C=C1CC(O)C2C(=C)C(=O)OC2C2C(=C)C(OC3OC(CO)C(OC(=O)C=Cc4ccc(O)c(O)c4)C(O)C3O)CC12. The van der Waals surface area contributed by atoms with Gasteiger partial charge >= 0.3 is 11.9 Å². The van der Waals surface area contributed by atoms with Crippen LogP contribution in [-0.4, -0.2) is 98.2 Å². The third-order valence-electron chi connectivity index (χ3n) is 8.55. The molecule has 42 heavy (non-hydrogen) atoms. The quantitative estimate of drug-likeness (QED) is 0.117. The molecular weight excluding hydrogens is 552 g/mol. The highest BCUT2D eigenvalue weighted by atomic mass is 16.7. The molecule has 2 aliphatic carbocycles. The number of fused-ring (bicyclic) bond motifs is 3. The molecule has 4 fully saturated rings. The zero-order valence-corrected chi connectivity index (χ0v) is 22.6. The summed E-state index contributed by atoms with van der Waals surface area (Å²) in [4.78, 5) is 24.7. The van der Waals surface area contributed by atoms with Crippen molar-refractivity contribution in [2.75, 3.05) is 6.61 Å². The van der Waals surface area contributed by atoms with Crippen LogP contribution >= 0.6 is 0 Å². The van der Waals surface area contributed by atoms with Crippen molar-refractivity contribution < 1.29 is 59.2 Å². The summed E-state index contributed by atoms with van der Waals surface area (Å²) >= 11 is 0. The van der Waals surface area contributed by atoms with E-state index in [4.69, 9.17) is 18.9 Å². The predicted octanol–water partition coefficient (Wildman–Crippen LogP) is 0.458. The minimum absolute atomic E-state index is 0.190. The summed E-state index contributed by atoms with van der Waals surface area (Å²) < 4.78 is 22.7. The molecule has 2 saturated carbocycles. The number of aromatic hydroxyl groups is 2. The summed E-state index contributed by atoms with van der Waals surface area (Å²) in [6.07, 6.45) is -6.91. The molecule has 0 spiro atoms. The summed E-state index contributed by atoms with van der Waals surface area (Å²) in [7, 11) is 0. The van der Waals surface area contributed by atoms with E-state index < -0.39 is 79.4 Å². The molecule has 6 N–H and O–H groups in total. The Bertz CT molecular complexity index is 1320. The van der Waals surface area contributed by atoms with Gasteiger partial charge in [0.1, 0.15) is 24.4 Å². The van der Waals surface area contributed by atoms with Gasteiger partial charge in [-0.15, -0.1) is 0 Å². The van der Waals surface area contributed by atoms with Crippen LogP contribution < -0.4 is 0 Å². The van der Waals surface area contributed by atoms with Gasteiger partial charge in [0.05, 0.1) is 24.7 Å². The highest BCUT2D eigenvalue weighted by molar-refractivity contribution is 5.91. The third kappa shape index (κ3) is 5.37. The van der Waals surface area contributed by atoms with Crippen LogP contribution in [0.15, 0.2) is 60.7 Å². The van der Waals surface area contributed by atoms with E-state index in [1.54, 1.807) is 0 Å². The molecule has 11 atom stereocenters. The smallest absolute Gasteiger partial charge is 0.334 e. The van der Waals surface area contributed by atoms with E-state index in [0.29, 0.717) is 17.6 Å². The fourth-order valence-electron chi connectivity index (χ4n) is 6.36. The molecule has 12 heteroatoms. The molecule has 5 rings (SSSR count). The lowest BCUT2D eigenvalue weighted by Crippen LogP contribution is -2.60. The molecule has 0 radical (unpaired) electrons. The monoisotopic (exact) mass is 586 g/mol. The molecule has 0 bridgehead atoms. The second kappa shape index (κ2) is 11.6. The predicted molar refractivity (Wildman–Crippen MR) is 144 cm³/mol. The van der Waals surface area contributed by atoms with Crippen LogP contribution in [0, 0.1) is 17.8 Å². The van der Waals surface area contributed by atoms with Crippen molar-refractivity contribution in [1.29, 1.82) is 0 Å². The first-order chi connectivity index (χ1) is 19.9. The van der Waals surface area contributed by atoms with E-state index in [1.807, 2.05) is 0 Å². The van der Waals surface area contributed by atoms with Crippen molar-refractivity contribution in [3.05, 3.63) is 66.3 Å². The van der Waals surface area contributed by atoms with Gasteiger partial charge in [-0.2, -0.15) is 0 Å². The molecule has 11 unspecified atom stereocenters. The normalized spacial score (nSPS) is 38.2. The van der Waals surface area contributed by atoms with E-state index in [9.17, 15) is 40.2 Å². The molecule has 0 amide bonds. The molecule has 12 nitrogen and oxygen atoms in total. The summed E-state index contributed by atoms with van der Waals surface area (Å²) in [5.74, 6) is -3.51. The van der Waals surface area contributed by atoms with Crippen molar-refractivity contribution in [1.82, 2.24) is 0 Å². The summed E-state index contributed by atoms with van der Waals surface area (Å²) in [6, 6.07) is 3.90. The number of phenols is 2. The molecule has 1 aromatic rings. The number of hydrogen-bond donors (Lipinski definition) is 6. The van der Waals surface area contributed by atoms with Crippen LogP contribution in [0.3, 0.4) is 0 Å². The zero-order chi connectivity index (χ0) is 30.5. The fourth-order valence-corrected chi connectivity index (χ4v) is 6.36. The summed E-state index contributed by atoms with van der Waals surface area (Å²) in [5.41, 5.74) is 1.84. The van der Waals surface area contributed by atoms with Gasteiger partial charge in [0.25, 0.3) is 0 Å². The number of hydrogen-bond acceptors (Lipinski definition) is 12.